The maximum absolute atomic E-state index is 9.55. The molecule has 0 unspecified atom stereocenters. The van der Waals surface area contributed by atoms with Gasteiger partial charge in [-0.05, 0) is 238 Å². The Hall–Kier alpha value is -16.6. The molecular formula is C112H74BClN10O4. The van der Waals surface area contributed by atoms with Gasteiger partial charge in [-0.3, -0.25) is 0 Å². The Labute approximate surface area is 745 Å². The van der Waals surface area contributed by atoms with Crippen molar-refractivity contribution in [3.8, 4) is 170 Å². The summed E-state index contributed by atoms with van der Waals surface area (Å²) in [6.07, 6.45) is 0. The summed E-state index contributed by atoms with van der Waals surface area (Å²) in [6, 6.07) is 133. The molecule has 0 amide bonds. The molecule has 1 fully saturated rings. The first-order valence-electron chi connectivity index (χ1n) is 41.8. The third kappa shape index (κ3) is 16.6. The Morgan fingerprint density at radius 1 is 0.250 bits per heavy atom. The maximum Gasteiger partial charge on any atom is 0.499 e. The number of aromatic nitrogens is 6. The predicted molar refractivity (Wildman–Crippen MR) is 511 cm³/mol. The van der Waals surface area contributed by atoms with Crippen LogP contribution in [0.3, 0.4) is 0 Å². The van der Waals surface area contributed by atoms with Crippen LogP contribution < -0.4 is 5.46 Å². The van der Waals surface area contributed by atoms with E-state index in [0.717, 1.165) is 155 Å². The van der Waals surface area contributed by atoms with E-state index < -0.39 is 18.3 Å². The van der Waals surface area contributed by atoms with Crippen LogP contribution in [0.5, 0.6) is 0 Å². The standard InChI is InChI=1S/C53H31N5O.C38H29BN2O3.C21H14ClN3/c54-32-34-15-19-38(20-16-34)42-29-43(39-21-17-35(33-55)18-22-39)31-44(30-42)45-27-28-47-46-13-7-8-14-48(46)59-50(47)49(45)53-57-51(40-11-5-2-6-12-40)56-52(58-53)41-25-23-37(24-26-41)36-9-3-1-4-10-36;1-37(2)38(3,4)44-39(43-37)35-31(17-18-33-32-7-5-6-8-34(32)42-36(33)35)30-20-28(26-13-9-24(22-40)10-14-26)19-29(21-30)27-15-11-25(23-41)12-16-27;22-21-24-19(17-9-5-2-6-10-17)23-20(25-21)18-13-11-16(12-14-18)15-7-3-1-4-8-15/h1-31H;5-21H,1-4H3;1-14H. The summed E-state index contributed by atoms with van der Waals surface area (Å²) in [5, 5.41) is 42.0. The Morgan fingerprint density at radius 3 is 0.891 bits per heavy atom. The normalized spacial score (nSPS) is 12.4. The number of para-hydroxylation sites is 2. The molecule has 14 nitrogen and oxygen atoms in total. The first-order chi connectivity index (χ1) is 62.6. The number of hydrogen-bond acceptors (Lipinski definition) is 14. The summed E-state index contributed by atoms with van der Waals surface area (Å²) >= 11 is 6.11. The molecule has 20 aromatic rings. The molecule has 0 atom stereocenters. The summed E-state index contributed by atoms with van der Waals surface area (Å²) in [5.74, 6) is 2.70. The topological polar surface area (TPSA) is 217 Å². The molecule has 4 aromatic heterocycles. The number of hydrogen-bond donors (Lipinski definition) is 0. The van der Waals surface area contributed by atoms with Crippen molar-refractivity contribution in [2.45, 2.75) is 38.9 Å². The lowest BCUT2D eigenvalue weighted by molar-refractivity contribution is 0.00578. The fourth-order valence-electron chi connectivity index (χ4n) is 16.1. The maximum atomic E-state index is 9.55. The number of fused-ring (bicyclic) bond motifs is 6. The highest BCUT2D eigenvalue weighted by Crippen LogP contribution is 2.46. The van der Waals surface area contributed by atoms with Crippen LogP contribution in [0.25, 0.3) is 190 Å². The summed E-state index contributed by atoms with van der Waals surface area (Å²) in [5.41, 5.74) is 25.5. The van der Waals surface area contributed by atoms with E-state index in [0.29, 0.717) is 57.0 Å². The molecule has 1 aliphatic rings. The van der Waals surface area contributed by atoms with Gasteiger partial charge in [0.1, 0.15) is 22.3 Å². The van der Waals surface area contributed by atoms with E-state index in [1.54, 1.807) is 0 Å². The van der Waals surface area contributed by atoms with Crippen LogP contribution in [0.4, 0.5) is 0 Å². The van der Waals surface area contributed by atoms with Crippen LogP contribution in [-0.4, -0.2) is 48.2 Å². The Balaban J connectivity index is 0.000000135. The van der Waals surface area contributed by atoms with E-state index in [4.69, 9.17) is 44.7 Å². The van der Waals surface area contributed by atoms with Crippen molar-refractivity contribution < 1.29 is 18.1 Å². The zero-order valence-electron chi connectivity index (χ0n) is 69.9. The molecular weight excluding hydrogens is 1600 g/mol. The molecule has 0 spiro atoms. The van der Waals surface area contributed by atoms with Crippen molar-refractivity contribution in [3.63, 3.8) is 0 Å². The van der Waals surface area contributed by atoms with Gasteiger partial charge < -0.3 is 18.1 Å². The third-order valence-electron chi connectivity index (χ3n) is 23.5. The third-order valence-corrected chi connectivity index (χ3v) is 23.7. The van der Waals surface area contributed by atoms with Crippen molar-refractivity contribution >= 4 is 68.1 Å². The first-order valence-corrected chi connectivity index (χ1v) is 42.1. The zero-order chi connectivity index (χ0) is 87.4. The average Bonchev–Trinajstić information content (AvgIpc) is 1.61. The molecule has 5 heterocycles. The second kappa shape index (κ2) is 34.9. The fraction of sp³-hybridized carbons (Fsp3) is 0.0536. The molecule has 0 radical (unpaired) electrons. The van der Waals surface area contributed by atoms with Gasteiger partial charge in [0.2, 0.25) is 5.28 Å². The summed E-state index contributed by atoms with van der Waals surface area (Å²) in [6.45, 7) is 8.22. The number of rotatable bonds is 14. The quantitative estimate of drug-likeness (QED) is 0.0926. The highest BCUT2D eigenvalue weighted by Gasteiger charge is 2.53. The Kier molecular flexibility index (Phi) is 22.1. The smallest absolute Gasteiger partial charge is 0.456 e. The summed E-state index contributed by atoms with van der Waals surface area (Å²) < 4.78 is 26.6. The van der Waals surface area contributed by atoms with Gasteiger partial charge in [-0.25, -0.2) is 19.9 Å². The monoisotopic (exact) mass is 1670 g/mol. The molecule has 16 heteroatoms. The molecule has 0 N–H and O–H groups in total. The van der Waals surface area contributed by atoms with Crippen LogP contribution in [-0.2, 0) is 9.31 Å². The van der Waals surface area contributed by atoms with E-state index >= 15 is 0 Å². The van der Waals surface area contributed by atoms with Gasteiger partial charge in [0.15, 0.2) is 29.1 Å². The van der Waals surface area contributed by atoms with Crippen molar-refractivity contribution in [1.82, 2.24) is 29.9 Å². The molecule has 1 aliphatic heterocycles. The minimum atomic E-state index is -0.656. The second-order valence-corrected chi connectivity index (χ2v) is 32.4. The van der Waals surface area contributed by atoms with E-state index in [2.05, 4.69) is 200 Å². The van der Waals surface area contributed by atoms with Crippen LogP contribution in [0.2, 0.25) is 5.28 Å². The SMILES string of the molecule is CC1(C)OB(c2c(-c3cc(-c4ccc(C#N)cc4)cc(-c4ccc(C#N)cc4)c3)ccc3c2oc2ccccc23)OC1(C)C.Clc1nc(-c2ccccc2)nc(-c2ccc(-c3ccccc3)cc2)n1.N#Cc1ccc(-c2cc(-c3ccc(C#N)cc3)cc(-c3ccc4c(oc5ccccc54)c3-c3nc(-c4ccccc4)nc(-c4ccc(-c5ccccc5)cc4)n3)c2)cc1. The Bertz CT molecular complexity index is 7600. The van der Waals surface area contributed by atoms with E-state index in [1.165, 1.54) is 5.56 Å². The molecule has 606 valence electrons. The number of furan rings is 2. The van der Waals surface area contributed by atoms with Crippen molar-refractivity contribution in [1.29, 1.82) is 21.0 Å². The fourth-order valence-corrected chi connectivity index (χ4v) is 16.3. The highest BCUT2D eigenvalue weighted by atomic mass is 35.5. The minimum Gasteiger partial charge on any atom is -0.456 e. The number of nitrogens with zero attached hydrogens (tertiary/aromatic N) is 10. The van der Waals surface area contributed by atoms with Gasteiger partial charge in [0.05, 0.1) is 63.3 Å². The highest BCUT2D eigenvalue weighted by molar-refractivity contribution is 6.67. The first kappa shape index (κ1) is 81.1. The lowest BCUT2D eigenvalue weighted by atomic mass is 9.73. The van der Waals surface area contributed by atoms with Gasteiger partial charge in [0.25, 0.3) is 0 Å². The van der Waals surface area contributed by atoms with Crippen molar-refractivity contribution in [3.05, 3.63) is 404 Å². The molecule has 0 saturated carbocycles. The molecule has 16 aromatic carbocycles. The predicted octanol–water partition coefficient (Wildman–Crippen LogP) is 27.3. The van der Waals surface area contributed by atoms with E-state index in [9.17, 15) is 21.0 Å². The molecule has 21 rings (SSSR count). The molecule has 128 heavy (non-hydrogen) atoms. The van der Waals surface area contributed by atoms with E-state index in [-0.39, 0.29) is 5.28 Å². The van der Waals surface area contributed by atoms with Crippen molar-refractivity contribution in [2.24, 2.45) is 0 Å². The van der Waals surface area contributed by atoms with E-state index in [1.807, 2.05) is 243 Å². The second-order valence-electron chi connectivity index (χ2n) is 32.1. The van der Waals surface area contributed by atoms with Crippen LogP contribution in [0.1, 0.15) is 49.9 Å². The average molecular weight is 1670 g/mol. The van der Waals surface area contributed by atoms with Crippen LogP contribution >= 0.6 is 11.6 Å². The van der Waals surface area contributed by atoms with Gasteiger partial charge in [0, 0.05) is 49.3 Å². The van der Waals surface area contributed by atoms with Crippen LogP contribution in [0, 0.1) is 45.3 Å². The van der Waals surface area contributed by atoms with Crippen LogP contribution in [0.15, 0.2) is 385 Å². The summed E-state index contributed by atoms with van der Waals surface area (Å²) in [7, 11) is -0.656. The van der Waals surface area contributed by atoms with Gasteiger partial charge in [-0.2, -0.15) is 31.0 Å². The lowest BCUT2D eigenvalue weighted by Crippen LogP contribution is -2.41. The summed E-state index contributed by atoms with van der Waals surface area (Å²) in [4.78, 5) is 28.6. The zero-order valence-corrected chi connectivity index (χ0v) is 70.6. The van der Waals surface area contributed by atoms with Gasteiger partial charge in [-0.15, -0.1) is 0 Å². The number of benzene rings is 16. The lowest BCUT2D eigenvalue weighted by Gasteiger charge is -2.32. The minimum absolute atomic E-state index is 0.191. The van der Waals surface area contributed by atoms with Gasteiger partial charge in [-0.1, -0.05) is 267 Å². The molecule has 1 saturated heterocycles. The van der Waals surface area contributed by atoms with Crippen molar-refractivity contribution in [2.75, 3.05) is 0 Å². The van der Waals surface area contributed by atoms with Gasteiger partial charge >= 0.3 is 7.12 Å². The Morgan fingerprint density at radius 2 is 0.516 bits per heavy atom. The number of nitriles is 4. The molecule has 0 aliphatic carbocycles. The largest absolute Gasteiger partial charge is 0.499 e. The number of halogens is 1. The molecule has 0 bridgehead atoms.